The second-order valence-corrected chi connectivity index (χ2v) is 10.5. The summed E-state index contributed by atoms with van der Waals surface area (Å²) in [6.45, 7) is 3.36. The third-order valence-corrected chi connectivity index (χ3v) is 7.84. The lowest BCUT2D eigenvalue weighted by atomic mass is 10.1. The summed E-state index contributed by atoms with van der Waals surface area (Å²) >= 11 is 1.38. The van der Waals surface area contributed by atoms with Gasteiger partial charge in [0.25, 0.3) is 11.8 Å². The van der Waals surface area contributed by atoms with Crippen LogP contribution in [0.5, 0.6) is 0 Å². The SMILES string of the molecule is O=C(CC1SC(N2CCCCC2)=NC1=O)Nc1cccc(C(=O)NC2CCN(c3ccccn3)C2)c1. The molecule has 5 rings (SSSR count). The lowest BCUT2D eigenvalue weighted by Gasteiger charge is -2.27. The van der Waals surface area contributed by atoms with Crippen LogP contribution in [0.2, 0.25) is 0 Å². The molecule has 2 atom stereocenters. The standard InChI is InChI=1S/C26H30N6O3S/c33-23(16-21-25(35)30-26(36-21)31-12-4-1-5-13-31)28-19-8-6-7-18(15-19)24(34)29-20-10-14-32(17-20)22-9-2-3-11-27-22/h2-3,6-9,11,15,20-21H,1,4-5,10,12-14,16-17H2,(H,28,33)(H,29,34). The van der Waals surface area contributed by atoms with Crippen LogP contribution < -0.4 is 15.5 Å². The summed E-state index contributed by atoms with van der Waals surface area (Å²) in [4.78, 5) is 50.8. The van der Waals surface area contributed by atoms with Crippen LogP contribution in [0.15, 0.2) is 53.7 Å². The summed E-state index contributed by atoms with van der Waals surface area (Å²) in [6, 6.07) is 12.7. The number of carbonyl (C=O) groups is 3. The second kappa shape index (κ2) is 11.1. The van der Waals surface area contributed by atoms with Gasteiger partial charge in [0.05, 0.1) is 0 Å². The largest absolute Gasteiger partial charge is 0.354 e. The van der Waals surface area contributed by atoms with Crippen molar-refractivity contribution in [1.29, 1.82) is 0 Å². The summed E-state index contributed by atoms with van der Waals surface area (Å²) in [7, 11) is 0. The zero-order valence-corrected chi connectivity index (χ0v) is 20.9. The molecule has 2 N–H and O–H groups in total. The number of carbonyl (C=O) groups excluding carboxylic acids is 3. The predicted molar refractivity (Wildman–Crippen MR) is 141 cm³/mol. The van der Waals surface area contributed by atoms with Gasteiger partial charge in [0.15, 0.2) is 5.17 Å². The average molecular weight is 507 g/mol. The number of pyridine rings is 1. The van der Waals surface area contributed by atoms with E-state index in [0.717, 1.165) is 49.9 Å². The fourth-order valence-electron chi connectivity index (χ4n) is 4.74. The predicted octanol–water partition coefficient (Wildman–Crippen LogP) is 2.90. The summed E-state index contributed by atoms with van der Waals surface area (Å²) in [5.41, 5.74) is 1.01. The number of nitrogens with one attached hydrogen (secondary N) is 2. The Balaban J connectivity index is 1.12. The van der Waals surface area contributed by atoms with E-state index in [9.17, 15) is 14.4 Å². The molecular weight excluding hydrogens is 476 g/mol. The molecule has 36 heavy (non-hydrogen) atoms. The Labute approximate surface area is 214 Å². The smallest absolute Gasteiger partial charge is 0.262 e. The first-order chi connectivity index (χ1) is 17.5. The van der Waals surface area contributed by atoms with Crippen molar-refractivity contribution in [2.45, 2.75) is 43.4 Å². The van der Waals surface area contributed by atoms with Gasteiger partial charge >= 0.3 is 0 Å². The molecule has 2 saturated heterocycles. The molecule has 0 saturated carbocycles. The average Bonchev–Trinajstić information content (AvgIpc) is 3.52. The maximum absolute atomic E-state index is 12.9. The molecule has 2 unspecified atom stereocenters. The van der Waals surface area contributed by atoms with Crippen molar-refractivity contribution in [2.24, 2.45) is 4.99 Å². The highest BCUT2D eigenvalue weighted by Crippen LogP contribution is 2.29. The number of rotatable bonds is 6. The van der Waals surface area contributed by atoms with E-state index in [4.69, 9.17) is 0 Å². The first-order valence-electron chi connectivity index (χ1n) is 12.5. The number of aromatic nitrogens is 1. The van der Waals surface area contributed by atoms with Crippen LogP contribution in [-0.2, 0) is 9.59 Å². The number of hydrogen-bond donors (Lipinski definition) is 2. The zero-order valence-electron chi connectivity index (χ0n) is 20.1. The van der Waals surface area contributed by atoms with Crippen LogP contribution in [-0.4, -0.2) is 70.2 Å². The quantitative estimate of drug-likeness (QED) is 0.620. The van der Waals surface area contributed by atoms with Crippen LogP contribution in [0.25, 0.3) is 0 Å². The van der Waals surface area contributed by atoms with E-state index in [0.29, 0.717) is 17.8 Å². The van der Waals surface area contributed by atoms with E-state index >= 15 is 0 Å². The molecule has 0 aliphatic carbocycles. The number of benzene rings is 1. The highest BCUT2D eigenvalue weighted by molar-refractivity contribution is 8.15. The summed E-state index contributed by atoms with van der Waals surface area (Å²) in [6.07, 6.45) is 6.07. The Bertz CT molecular complexity index is 1150. The van der Waals surface area contributed by atoms with Gasteiger partial charge in [0.2, 0.25) is 5.91 Å². The number of aliphatic imine (C=N–C) groups is 1. The summed E-state index contributed by atoms with van der Waals surface area (Å²) in [5.74, 6) is 0.210. The number of hydrogen-bond acceptors (Lipinski definition) is 7. The fourth-order valence-corrected chi connectivity index (χ4v) is 5.86. The summed E-state index contributed by atoms with van der Waals surface area (Å²) < 4.78 is 0. The summed E-state index contributed by atoms with van der Waals surface area (Å²) in [5, 5.41) is 6.16. The molecular formula is C26H30N6O3S. The minimum Gasteiger partial charge on any atom is -0.354 e. The molecule has 3 aliphatic rings. The van der Waals surface area contributed by atoms with Crippen LogP contribution in [0, 0.1) is 0 Å². The van der Waals surface area contributed by atoms with Gasteiger partial charge in [-0.1, -0.05) is 23.9 Å². The molecule has 4 heterocycles. The molecule has 1 aromatic heterocycles. The third-order valence-electron chi connectivity index (χ3n) is 6.63. The van der Waals surface area contributed by atoms with Gasteiger partial charge in [0.1, 0.15) is 11.1 Å². The first kappa shape index (κ1) is 24.3. The Kier molecular flexibility index (Phi) is 7.50. The van der Waals surface area contributed by atoms with Gasteiger partial charge in [-0.05, 0) is 56.0 Å². The minimum atomic E-state index is -0.502. The number of amidine groups is 1. The lowest BCUT2D eigenvalue weighted by molar-refractivity contribution is -0.121. The molecule has 3 aliphatic heterocycles. The molecule has 9 nitrogen and oxygen atoms in total. The van der Waals surface area contributed by atoms with Crippen LogP contribution >= 0.6 is 11.8 Å². The fraction of sp³-hybridized carbons (Fsp3) is 0.423. The molecule has 3 amide bonds. The highest BCUT2D eigenvalue weighted by atomic mass is 32.2. The number of nitrogens with zero attached hydrogens (tertiary/aromatic N) is 4. The molecule has 0 spiro atoms. The van der Waals surface area contributed by atoms with E-state index in [1.54, 1.807) is 30.5 Å². The lowest BCUT2D eigenvalue weighted by Crippen LogP contribution is -2.37. The van der Waals surface area contributed by atoms with E-state index in [1.165, 1.54) is 18.2 Å². The van der Waals surface area contributed by atoms with Gasteiger partial charge in [-0.3, -0.25) is 14.4 Å². The molecule has 2 fully saturated rings. The van der Waals surface area contributed by atoms with E-state index in [-0.39, 0.29) is 30.2 Å². The Morgan fingerprint density at radius 2 is 1.89 bits per heavy atom. The van der Waals surface area contributed by atoms with Gasteiger partial charge < -0.3 is 20.4 Å². The maximum atomic E-state index is 12.9. The van der Waals surface area contributed by atoms with Crippen molar-refractivity contribution >= 4 is 46.2 Å². The molecule has 1 aromatic carbocycles. The zero-order chi connectivity index (χ0) is 24.9. The van der Waals surface area contributed by atoms with Gasteiger partial charge in [0, 0.05) is 56.1 Å². The molecule has 188 valence electrons. The first-order valence-corrected chi connectivity index (χ1v) is 13.3. The van der Waals surface area contributed by atoms with Crippen LogP contribution in [0.1, 0.15) is 42.5 Å². The van der Waals surface area contributed by atoms with E-state index < -0.39 is 5.25 Å². The second-order valence-electron chi connectivity index (χ2n) is 9.31. The van der Waals surface area contributed by atoms with Gasteiger partial charge in [-0.25, -0.2) is 4.98 Å². The van der Waals surface area contributed by atoms with Gasteiger partial charge in [-0.2, -0.15) is 4.99 Å². The molecule has 2 aromatic rings. The monoisotopic (exact) mass is 506 g/mol. The van der Waals surface area contributed by atoms with Crippen molar-refractivity contribution < 1.29 is 14.4 Å². The van der Waals surface area contributed by atoms with Crippen LogP contribution in [0.3, 0.4) is 0 Å². The van der Waals surface area contributed by atoms with Crippen molar-refractivity contribution in [1.82, 2.24) is 15.2 Å². The van der Waals surface area contributed by atoms with Crippen molar-refractivity contribution in [3.05, 3.63) is 54.2 Å². The Hall–Kier alpha value is -3.40. The van der Waals surface area contributed by atoms with Crippen molar-refractivity contribution in [2.75, 3.05) is 36.4 Å². The number of anilines is 2. The third kappa shape index (κ3) is 5.87. The van der Waals surface area contributed by atoms with Gasteiger partial charge in [-0.15, -0.1) is 0 Å². The van der Waals surface area contributed by atoms with E-state index in [2.05, 4.69) is 30.4 Å². The van der Waals surface area contributed by atoms with E-state index in [1.807, 2.05) is 18.2 Å². The molecule has 10 heteroatoms. The normalized spacial score (nSPS) is 21.9. The minimum absolute atomic E-state index is 0.0252. The number of likely N-dealkylation sites (tertiary alicyclic amines) is 1. The number of thioether (sulfide) groups is 1. The van der Waals surface area contributed by atoms with Crippen molar-refractivity contribution in [3.63, 3.8) is 0 Å². The number of amides is 3. The topological polar surface area (TPSA) is 107 Å². The Morgan fingerprint density at radius 1 is 1.03 bits per heavy atom. The van der Waals surface area contributed by atoms with Crippen molar-refractivity contribution in [3.8, 4) is 0 Å². The molecule has 0 radical (unpaired) electrons. The molecule has 0 bridgehead atoms. The van der Waals surface area contributed by atoms with Crippen LogP contribution in [0.4, 0.5) is 11.5 Å². The maximum Gasteiger partial charge on any atom is 0.262 e. The highest BCUT2D eigenvalue weighted by Gasteiger charge is 2.33. The number of piperidine rings is 1. The Morgan fingerprint density at radius 3 is 2.69 bits per heavy atom.